The Hall–Kier alpha value is -3.61. The lowest BCUT2D eigenvalue weighted by Gasteiger charge is -2.15. The Morgan fingerprint density at radius 1 is 0.969 bits per heavy atom. The van der Waals surface area contributed by atoms with E-state index < -0.39 is 18.5 Å². The zero-order chi connectivity index (χ0) is 22.8. The number of esters is 1. The Bertz CT molecular complexity index is 1000. The van der Waals surface area contributed by atoms with Crippen LogP contribution in [-0.4, -0.2) is 30.9 Å². The van der Waals surface area contributed by atoms with E-state index in [2.05, 4.69) is 22.0 Å². The number of benzene rings is 2. The number of allylic oxidation sites excluding steroid dienone is 1. The van der Waals surface area contributed by atoms with Crippen LogP contribution in [0, 0.1) is 0 Å². The van der Waals surface area contributed by atoms with Gasteiger partial charge in [-0.3, -0.25) is 9.59 Å². The van der Waals surface area contributed by atoms with Gasteiger partial charge in [-0.1, -0.05) is 29.8 Å². The van der Waals surface area contributed by atoms with Crippen molar-refractivity contribution < 1.29 is 19.1 Å². The zero-order valence-electron chi connectivity index (χ0n) is 18.3. The van der Waals surface area contributed by atoms with Gasteiger partial charge in [0.25, 0.3) is 5.91 Å². The van der Waals surface area contributed by atoms with Gasteiger partial charge in [-0.25, -0.2) is 4.79 Å². The van der Waals surface area contributed by atoms with Gasteiger partial charge in [0, 0.05) is 30.5 Å². The van der Waals surface area contributed by atoms with E-state index in [1.165, 1.54) is 25.3 Å². The number of anilines is 3. The smallest absolute Gasteiger partial charge is 0.340 e. The maximum absolute atomic E-state index is 12.6. The maximum Gasteiger partial charge on any atom is 0.340 e. The Labute approximate surface area is 188 Å². The fourth-order valence-electron chi connectivity index (χ4n) is 3.59. The van der Waals surface area contributed by atoms with Gasteiger partial charge in [0.05, 0.1) is 5.56 Å². The van der Waals surface area contributed by atoms with Gasteiger partial charge in [-0.15, -0.1) is 0 Å². The van der Waals surface area contributed by atoms with Crippen LogP contribution < -0.4 is 16.0 Å². The molecular formula is C25H29N3O4. The van der Waals surface area contributed by atoms with Crippen molar-refractivity contribution in [3.05, 3.63) is 65.7 Å². The Morgan fingerprint density at radius 3 is 2.50 bits per heavy atom. The predicted octanol–water partition coefficient (Wildman–Crippen LogP) is 4.74. The Kier molecular flexibility index (Phi) is 8.43. The SMILES string of the molecule is CC(=O)Nc1cccc(NC(=O)COC(=O)c2ccccc2NCCC2=CCCCC2)c1. The summed E-state index contributed by atoms with van der Waals surface area (Å²) >= 11 is 0. The lowest BCUT2D eigenvalue weighted by molar-refractivity contribution is -0.119. The van der Waals surface area contributed by atoms with Crippen LogP contribution >= 0.6 is 0 Å². The molecule has 0 aromatic heterocycles. The standard InChI is InChI=1S/C25H29N3O4/c1-18(29)27-20-10-7-11-21(16-20)28-24(30)17-32-25(31)22-12-5-6-13-23(22)26-15-14-19-8-3-2-4-9-19/h5-8,10-13,16,26H,2-4,9,14-15,17H2,1H3,(H,27,29)(H,28,30). The number of nitrogens with one attached hydrogen (secondary N) is 3. The number of hydrogen-bond donors (Lipinski definition) is 3. The van der Waals surface area contributed by atoms with E-state index >= 15 is 0 Å². The molecule has 0 spiro atoms. The fraction of sp³-hybridized carbons (Fsp3) is 0.320. The minimum absolute atomic E-state index is 0.204. The number of hydrogen-bond acceptors (Lipinski definition) is 5. The summed E-state index contributed by atoms with van der Waals surface area (Å²) in [4.78, 5) is 35.9. The van der Waals surface area contributed by atoms with Crippen LogP contribution in [0.2, 0.25) is 0 Å². The van der Waals surface area contributed by atoms with Crippen molar-refractivity contribution in [2.75, 3.05) is 29.1 Å². The predicted molar refractivity (Wildman–Crippen MR) is 126 cm³/mol. The highest BCUT2D eigenvalue weighted by Gasteiger charge is 2.15. The van der Waals surface area contributed by atoms with E-state index in [1.807, 2.05) is 12.1 Å². The normalized spacial score (nSPS) is 13.0. The molecule has 0 bridgehead atoms. The lowest BCUT2D eigenvalue weighted by atomic mass is 9.97. The molecule has 0 fully saturated rings. The van der Waals surface area contributed by atoms with Crippen molar-refractivity contribution >= 4 is 34.8 Å². The van der Waals surface area contributed by atoms with E-state index in [9.17, 15) is 14.4 Å². The first-order valence-electron chi connectivity index (χ1n) is 10.9. The molecule has 0 saturated heterocycles. The average Bonchev–Trinajstić information content (AvgIpc) is 2.78. The lowest BCUT2D eigenvalue weighted by Crippen LogP contribution is -2.21. The highest BCUT2D eigenvalue weighted by Crippen LogP contribution is 2.21. The van der Waals surface area contributed by atoms with Gasteiger partial charge >= 0.3 is 5.97 Å². The molecule has 2 aromatic rings. The van der Waals surface area contributed by atoms with Crippen LogP contribution in [-0.2, 0) is 14.3 Å². The second-order valence-corrected chi connectivity index (χ2v) is 7.72. The molecule has 0 heterocycles. The van der Waals surface area contributed by atoms with Crippen LogP contribution in [0.15, 0.2) is 60.2 Å². The van der Waals surface area contributed by atoms with Crippen molar-refractivity contribution in [2.45, 2.75) is 39.0 Å². The van der Waals surface area contributed by atoms with Crippen molar-refractivity contribution in [1.82, 2.24) is 0 Å². The van der Waals surface area contributed by atoms with Crippen LogP contribution in [0.4, 0.5) is 17.1 Å². The maximum atomic E-state index is 12.6. The summed E-state index contributed by atoms with van der Waals surface area (Å²) in [6.07, 6.45) is 8.07. The third kappa shape index (κ3) is 7.27. The molecule has 3 rings (SSSR count). The molecule has 0 aliphatic heterocycles. The van der Waals surface area contributed by atoms with Crippen LogP contribution in [0.5, 0.6) is 0 Å². The molecule has 7 nitrogen and oxygen atoms in total. The van der Waals surface area contributed by atoms with E-state index in [1.54, 1.807) is 36.4 Å². The largest absolute Gasteiger partial charge is 0.452 e. The summed E-state index contributed by atoms with van der Waals surface area (Å²) in [6, 6.07) is 13.9. The van der Waals surface area contributed by atoms with Gasteiger partial charge in [-0.2, -0.15) is 0 Å². The Morgan fingerprint density at radius 2 is 1.75 bits per heavy atom. The quantitative estimate of drug-likeness (QED) is 0.390. The fourth-order valence-corrected chi connectivity index (χ4v) is 3.59. The summed E-state index contributed by atoms with van der Waals surface area (Å²) < 4.78 is 5.22. The highest BCUT2D eigenvalue weighted by atomic mass is 16.5. The second kappa shape index (κ2) is 11.7. The third-order valence-corrected chi connectivity index (χ3v) is 5.09. The second-order valence-electron chi connectivity index (χ2n) is 7.72. The molecule has 0 atom stereocenters. The molecule has 32 heavy (non-hydrogen) atoms. The number of para-hydroxylation sites is 1. The molecule has 0 radical (unpaired) electrons. The monoisotopic (exact) mass is 435 g/mol. The molecule has 2 aromatic carbocycles. The number of ether oxygens (including phenoxy) is 1. The van der Waals surface area contributed by atoms with Gasteiger partial charge in [0.15, 0.2) is 6.61 Å². The summed E-state index contributed by atoms with van der Waals surface area (Å²) in [7, 11) is 0. The van der Waals surface area contributed by atoms with Crippen molar-refractivity contribution in [1.29, 1.82) is 0 Å². The summed E-state index contributed by atoms with van der Waals surface area (Å²) in [5.41, 5.74) is 3.61. The van der Waals surface area contributed by atoms with Gasteiger partial charge in [-0.05, 0) is 62.4 Å². The highest BCUT2D eigenvalue weighted by molar-refractivity contribution is 5.99. The van der Waals surface area contributed by atoms with E-state index in [0.29, 0.717) is 22.6 Å². The molecule has 0 saturated carbocycles. The van der Waals surface area contributed by atoms with Crippen LogP contribution in [0.25, 0.3) is 0 Å². The van der Waals surface area contributed by atoms with E-state index in [0.717, 1.165) is 25.8 Å². The number of carbonyl (C=O) groups excluding carboxylic acids is 3. The molecule has 168 valence electrons. The van der Waals surface area contributed by atoms with Crippen molar-refractivity contribution in [3.63, 3.8) is 0 Å². The number of amides is 2. The molecule has 3 N–H and O–H groups in total. The van der Waals surface area contributed by atoms with Gasteiger partial charge < -0.3 is 20.7 Å². The van der Waals surface area contributed by atoms with E-state index in [-0.39, 0.29) is 5.91 Å². The van der Waals surface area contributed by atoms with Crippen molar-refractivity contribution in [3.8, 4) is 0 Å². The summed E-state index contributed by atoms with van der Waals surface area (Å²) in [5.74, 6) is -1.23. The first kappa shape index (κ1) is 23.1. The van der Waals surface area contributed by atoms with Crippen LogP contribution in [0.3, 0.4) is 0 Å². The van der Waals surface area contributed by atoms with Gasteiger partial charge in [0.2, 0.25) is 5.91 Å². The third-order valence-electron chi connectivity index (χ3n) is 5.09. The summed E-state index contributed by atoms with van der Waals surface area (Å²) in [6.45, 7) is 1.73. The minimum atomic E-state index is -0.563. The molecule has 1 aliphatic rings. The minimum Gasteiger partial charge on any atom is -0.452 e. The Balaban J connectivity index is 1.50. The zero-order valence-corrected chi connectivity index (χ0v) is 18.3. The number of rotatable bonds is 9. The van der Waals surface area contributed by atoms with Gasteiger partial charge in [0.1, 0.15) is 0 Å². The molecular weight excluding hydrogens is 406 g/mol. The number of carbonyl (C=O) groups is 3. The first-order chi connectivity index (χ1) is 15.5. The first-order valence-corrected chi connectivity index (χ1v) is 10.9. The van der Waals surface area contributed by atoms with Crippen LogP contribution in [0.1, 0.15) is 49.4 Å². The average molecular weight is 436 g/mol. The summed E-state index contributed by atoms with van der Waals surface area (Å²) in [5, 5.41) is 8.62. The topological polar surface area (TPSA) is 96.5 Å². The van der Waals surface area contributed by atoms with Crippen molar-refractivity contribution in [2.24, 2.45) is 0 Å². The molecule has 1 aliphatic carbocycles. The molecule has 0 unspecified atom stereocenters. The molecule has 2 amide bonds. The molecule has 7 heteroatoms. The van der Waals surface area contributed by atoms with E-state index in [4.69, 9.17) is 4.74 Å².